The molecule has 1 aliphatic heterocycles. The van der Waals surface area contributed by atoms with Gasteiger partial charge >= 0.3 is 0 Å². The Morgan fingerprint density at radius 2 is 1.90 bits per heavy atom. The Morgan fingerprint density at radius 3 is 2.65 bits per heavy atom. The fourth-order valence-electron chi connectivity index (χ4n) is 2.19. The number of hydrogen-bond donors (Lipinski definition) is 0. The lowest BCUT2D eigenvalue weighted by Crippen LogP contribution is -2.18. The number of fused-ring (bicyclic) bond motifs is 1. The summed E-state index contributed by atoms with van der Waals surface area (Å²) in [5.41, 5.74) is 1.16. The van der Waals surface area contributed by atoms with Crippen molar-refractivity contribution in [2.75, 3.05) is 20.3 Å². The van der Waals surface area contributed by atoms with Crippen molar-refractivity contribution in [3.63, 3.8) is 0 Å². The quantitative estimate of drug-likeness (QED) is 0.847. The van der Waals surface area contributed by atoms with Gasteiger partial charge in [0.15, 0.2) is 11.5 Å². The van der Waals surface area contributed by atoms with Crippen LogP contribution in [0.2, 0.25) is 0 Å². The third-order valence-electron chi connectivity index (χ3n) is 3.03. The Kier molecular flexibility index (Phi) is 3.56. The molecule has 0 amide bonds. The van der Waals surface area contributed by atoms with Gasteiger partial charge in [0.25, 0.3) is 0 Å². The minimum atomic E-state index is 0.590. The molecule has 20 heavy (non-hydrogen) atoms. The molecule has 1 aromatic heterocycles. The smallest absolute Gasteiger partial charge is 0.230 e. The van der Waals surface area contributed by atoms with Crippen molar-refractivity contribution in [1.29, 1.82) is 0 Å². The topological polar surface area (TPSA) is 60.6 Å². The number of benzene rings is 1. The monoisotopic (exact) mass is 275 g/mol. The number of rotatable bonds is 4. The molecule has 0 unspecified atom stereocenters. The van der Waals surface area contributed by atoms with Crippen LogP contribution in [0, 0.1) is 6.92 Å². The van der Waals surface area contributed by atoms with Crippen LogP contribution in [-0.4, -0.2) is 35.4 Å². The normalized spacial score (nSPS) is 13.8. The highest BCUT2D eigenvalue weighted by atomic mass is 16.6. The fraction of sp³-hybridized carbons (Fsp3) is 0.429. The van der Waals surface area contributed by atoms with Crippen LogP contribution in [0.3, 0.4) is 0 Å². The Bertz CT molecular complexity index is 597. The van der Waals surface area contributed by atoms with E-state index in [2.05, 4.69) is 15.1 Å². The molecule has 0 spiro atoms. The van der Waals surface area contributed by atoms with E-state index >= 15 is 0 Å². The minimum Gasteiger partial charge on any atom is -0.486 e. The summed E-state index contributed by atoms with van der Waals surface area (Å²) in [5.74, 6) is 2.85. The molecule has 0 saturated heterocycles. The average Bonchev–Trinajstić information content (AvgIpc) is 2.83. The maximum Gasteiger partial charge on any atom is 0.230 e. The summed E-state index contributed by atoms with van der Waals surface area (Å²) in [4.78, 5) is 2.11. The first kappa shape index (κ1) is 12.9. The second-order valence-corrected chi connectivity index (χ2v) is 4.87. The molecule has 2 heterocycles. The van der Waals surface area contributed by atoms with Crippen LogP contribution in [0.4, 0.5) is 0 Å². The third kappa shape index (κ3) is 2.91. The molecular formula is C14H17N3O3. The van der Waals surface area contributed by atoms with Crippen LogP contribution < -0.4 is 9.47 Å². The summed E-state index contributed by atoms with van der Waals surface area (Å²) in [6.07, 6.45) is 0. The summed E-state index contributed by atoms with van der Waals surface area (Å²) >= 11 is 0. The van der Waals surface area contributed by atoms with Gasteiger partial charge < -0.3 is 13.9 Å². The van der Waals surface area contributed by atoms with Crippen molar-refractivity contribution in [2.45, 2.75) is 20.0 Å². The van der Waals surface area contributed by atoms with Crippen molar-refractivity contribution in [3.8, 4) is 11.5 Å². The van der Waals surface area contributed by atoms with E-state index in [1.54, 1.807) is 6.92 Å². The summed E-state index contributed by atoms with van der Waals surface area (Å²) in [5, 5.41) is 7.82. The molecule has 6 heteroatoms. The van der Waals surface area contributed by atoms with Crippen LogP contribution in [0.1, 0.15) is 17.3 Å². The predicted molar refractivity (Wildman–Crippen MR) is 71.6 cm³/mol. The summed E-state index contributed by atoms with van der Waals surface area (Å²) in [7, 11) is 2.01. The number of aryl methyl sites for hydroxylation is 1. The van der Waals surface area contributed by atoms with Crippen LogP contribution in [0.5, 0.6) is 11.5 Å². The highest BCUT2D eigenvalue weighted by Crippen LogP contribution is 2.31. The molecule has 0 bridgehead atoms. The summed E-state index contributed by atoms with van der Waals surface area (Å²) < 4.78 is 16.5. The van der Waals surface area contributed by atoms with Crippen molar-refractivity contribution in [3.05, 3.63) is 35.5 Å². The van der Waals surface area contributed by atoms with Crippen LogP contribution >= 0.6 is 0 Å². The van der Waals surface area contributed by atoms with Crippen molar-refractivity contribution >= 4 is 0 Å². The van der Waals surface area contributed by atoms with Gasteiger partial charge in [-0.3, -0.25) is 4.90 Å². The van der Waals surface area contributed by atoms with Crippen molar-refractivity contribution < 1.29 is 13.9 Å². The molecule has 0 atom stereocenters. The predicted octanol–water partition coefficient (Wildman–Crippen LogP) is 1.78. The molecule has 106 valence electrons. The van der Waals surface area contributed by atoms with Gasteiger partial charge in [-0.05, 0) is 24.7 Å². The lowest BCUT2D eigenvalue weighted by atomic mass is 10.2. The van der Waals surface area contributed by atoms with E-state index in [0.717, 1.165) is 23.6 Å². The van der Waals surface area contributed by atoms with Gasteiger partial charge in [-0.15, -0.1) is 10.2 Å². The van der Waals surface area contributed by atoms with E-state index in [4.69, 9.17) is 13.9 Å². The molecule has 0 saturated carbocycles. The maximum atomic E-state index is 5.58. The first-order valence-corrected chi connectivity index (χ1v) is 6.57. The Labute approximate surface area is 117 Å². The van der Waals surface area contributed by atoms with Gasteiger partial charge in [-0.1, -0.05) is 6.07 Å². The minimum absolute atomic E-state index is 0.590. The van der Waals surface area contributed by atoms with Crippen LogP contribution in [0.15, 0.2) is 22.6 Å². The molecule has 0 N–H and O–H groups in total. The molecule has 1 aromatic carbocycles. The van der Waals surface area contributed by atoms with Gasteiger partial charge in [-0.2, -0.15) is 0 Å². The Morgan fingerprint density at radius 1 is 1.10 bits per heavy atom. The highest BCUT2D eigenvalue weighted by molar-refractivity contribution is 5.43. The molecule has 1 aliphatic rings. The van der Waals surface area contributed by atoms with Gasteiger partial charge in [0.2, 0.25) is 11.8 Å². The Hall–Kier alpha value is -2.08. The molecule has 3 rings (SSSR count). The number of ether oxygens (including phenoxy) is 2. The van der Waals surface area contributed by atoms with Crippen molar-refractivity contribution in [2.24, 2.45) is 0 Å². The van der Waals surface area contributed by atoms with E-state index in [9.17, 15) is 0 Å². The number of aromatic nitrogens is 2. The lowest BCUT2D eigenvalue weighted by Gasteiger charge is -2.20. The maximum absolute atomic E-state index is 5.58. The van der Waals surface area contributed by atoms with Crippen molar-refractivity contribution in [1.82, 2.24) is 15.1 Å². The largest absolute Gasteiger partial charge is 0.486 e. The number of nitrogens with zero attached hydrogens (tertiary/aromatic N) is 3. The second kappa shape index (κ2) is 5.50. The van der Waals surface area contributed by atoms with Gasteiger partial charge in [0, 0.05) is 13.5 Å². The third-order valence-corrected chi connectivity index (χ3v) is 3.03. The van der Waals surface area contributed by atoms with E-state index in [1.165, 1.54) is 0 Å². The van der Waals surface area contributed by atoms with Gasteiger partial charge in [0.1, 0.15) is 13.2 Å². The van der Waals surface area contributed by atoms with E-state index < -0.39 is 0 Å². The second-order valence-electron chi connectivity index (χ2n) is 4.87. The van der Waals surface area contributed by atoms with Gasteiger partial charge in [-0.25, -0.2) is 0 Å². The molecular weight excluding hydrogens is 258 g/mol. The number of hydrogen-bond acceptors (Lipinski definition) is 6. The molecule has 0 radical (unpaired) electrons. The summed E-state index contributed by atoms with van der Waals surface area (Å²) in [6.45, 7) is 4.40. The lowest BCUT2D eigenvalue weighted by molar-refractivity contribution is 0.171. The highest BCUT2D eigenvalue weighted by Gasteiger charge is 2.13. The molecule has 0 aliphatic carbocycles. The Balaban J connectivity index is 1.65. The average molecular weight is 275 g/mol. The molecule has 6 nitrogen and oxygen atoms in total. The standard InChI is InChI=1S/C14H17N3O3/c1-10-15-16-14(20-10)9-17(2)8-11-3-4-12-13(7-11)19-6-5-18-12/h3-4,7H,5-6,8-9H2,1-2H3. The molecule has 2 aromatic rings. The van der Waals surface area contributed by atoms with E-state index in [-0.39, 0.29) is 0 Å². The van der Waals surface area contributed by atoms with Crippen LogP contribution in [-0.2, 0) is 13.1 Å². The van der Waals surface area contributed by atoms with E-state index in [0.29, 0.717) is 31.5 Å². The van der Waals surface area contributed by atoms with E-state index in [1.807, 2.05) is 25.2 Å². The first-order valence-electron chi connectivity index (χ1n) is 6.57. The first-order chi connectivity index (χ1) is 9.70. The molecule has 0 fully saturated rings. The SMILES string of the molecule is Cc1nnc(CN(C)Cc2ccc3c(c2)OCCO3)o1. The van der Waals surface area contributed by atoms with Crippen LogP contribution in [0.25, 0.3) is 0 Å². The zero-order chi connectivity index (χ0) is 13.9. The fourth-order valence-corrected chi connectivity index (χ4v) is 2.19. The zero-order valence-electron chi connectivity index (χ0n) is 11.6. The zero-order valence-corrected chi connectivity index (χ0v) is 11.6. The van der Waals surface area contributed by atoms with Gasteiger partial charge in [0.05, 0.1) is 6.54 Å². The summed E-state index contributed by atoms with van der Waals surface area (Å²) in [6, 6.07) is 6.02.